The van der Waals surface area contributed by atoms with Crippen LogP contribution in [0, 0.1) is 0 Å². The minimum Gasteiger partial charge on any atom is -0.508 e. The number of benzene rings is 2. The van der Waals surface area contributed by atoms with E-state index in [2.05, 4.69) is 5.32 Å². The molecule has 0 fully saturated rings. The van der Waals surface area contributed by atoms with Gasteiger partial charge in [0.1, 0.15) is 11.5 Å². The molecule has 5 nitrogen and oxygen atoms in total. The Hall–Kier alpha value is -2.40. The first-order valence-electron chi connectivity index (χ1n) is 6.27. The monoisotopic (exact) mass is 306 g/mol. The molecule has 21 heavy (non-hydrogen) atoms. The maximum Gasteiger partial charge on any atom is 0.258 e. The Bertz CT molecular complexity index is 629. The average molecular weight is 307 g/mol. The summed E-state index contributed by atoms with van der Waals surface area (Å²) in [7, 11) is 0. The van der Waals surface area contributed by atoms with Crippen LogP contribution in [0.1, 0.15) is 5.56 Å². The highest BCUT2D eigenvalue weighted by Gasteiger charge is 2.06. The molecule has 0 aliphatic rings. The van der Waals surface area contributed by atoms with Crippen molar-refractivity contribution in [1.82, 2.24) is 5.32 Å². The number of aromatic hydroxyl groups is 1. The number of ether oxygens (including phenoxy) is 1. The summed E-state index contributed by atoms with van der Waals surface area (Å²) < 4.78 is 5.31. The topological polar surface area (TPSA) is 84.6 Å². The van der Waals surface area contributed by atoms with Crippen LogP contribution < -0.4 is 15.8 Å². The van der Waals surface area contributed by atoms with Crippen LogP contribution in [0.4, 0.5) is 5.69 Å². The van der Waals surface area contributed by atoms with Crippen molar-refractivity contribution < 1.29 is 14.6 Å². The molecule has 0 unspecified atom stereocenters. The first-order valence-corrected chi connectivity index (χ1v) is 6.65. The number of nitrogens with one attached hydrogen (secondary N) is 1. The predicted octanol–water partition coefficient (Wildman–Crippen LogP) is 2.32. The van der Waals surface area contributed by atoms with Crippen molar-refractivity contribution in [2.75, 3.05) is 12.3 Å². The second kappa shape index (κ2) is 6.85. The van der Waals surface area contributed by atoms with Crippen molar-refractivity contribution in [2.45, 2.75) is 6.54 Å². The fourth-order valence-corrected chi connectivity index (χ4v) is 1.80. The smallest absolute Gasteiger partial charge is 0.258 e. The van der Waals surface area contributed by atoms with Crippen LogP contribution in [-0.4, -0.2) is 17.6 Å². The minimum absolute atomic E-state index is 0.0862. The van der Waals surface area contributed by atoms with E-state index in [1.807, 2.05) is 0 Å². The number of halogens is 1. The van der Waals surface area contributed by atoms with Crippen molar-refractivity contribution in [3.63, 3.8) is 0 Å². The molecule has 0 atom stereocenters. The van der Waals surface area contributed by atoms with Crippen LogP contribution >= 0.6 is 11.6 Å². The number of amides is 1. The molecule has 110 valence electrons. The lowest BCUT2D eigenvalue weighted by Crippen LogP contribution is -2.28. The Kier molecular flexibility index (Phi) is 4.90. The fourth-order valence-electron chi connectivity index (χ4n) is 1.67. The van der Waals surface area contributed by atoms with E-state index in [1.54, 1.807) is 36.4 Å². The highest BCUT2D eigenvalue weighted by atomic mass is 35.5. The maximum absolute atomic E-state index is 11.7. The molecule has 0 aliphatic heterocycles. The van der Waals surface area contributed by atoms with E-state index >= 15 is 0 Å². The third kappa shape index (κ3) is 4.57. The number of rotatable bonds is 5. The molecule has 4 N–H and O–H groups in total. The van der Waals surface area contributed by atoms with Gasteiger partial charge in [0.15, 0.2) is 6.61 Å². The van der Waals surface area contributed by atoms with E-state index in [-0.39, 0.29) is 24.8 Å². The molecule has 2 rings (SSSR count). The molecule has 6 heteroatoms. The second-order valence-corrected chi connectivity index (χ2v) is 4.84. The van der Waals surface area contributed by atoms with E-state index in [1.165, 1.54) is 6.07 Å². The average Bonchev–Trinajstić information content (AvgIpc) is 2.47. The number of nitrogen functional groups attached to an aromatic ring is 1. The summed E-state index contributed by atoms with van der Waals surface area (Å²) >= 11 is 5.75. The van der Waals surface area contributed by atoms with Gasteiger partial charge in [-0.15, -0.1) is 0 Å². The highest BCUT2D eigenvalue weighted by molar-refractivity contribution is 6.30. The summed E-state index contributed by atoms with van der Waals surface area (Å²) in [5.41, 5.74) is 6.69. The molecule has 0 aliphatic carbocycles. The lowest BCUT2D eigenvalue weighted by Gasteiger charge is -2.09. The number of nitrogens with two attached hydrogens (primary N) is 1. The Morgan fingerprint density at radius 1 is 1.24 bits per heavy atom. The summed E-state index contributed by atoms with van der Waals surface area (Å²) in [6.45, 7) is 0.0599. The summed E-state index contributed by atoms with van der Waals surface area (Å²) in [4.78, 5) is 11.7. The standard InChI is InChI=1S/C15H15ClN2O3/c16-11-1-4-13(5-2-11)21-9-15(20)18-8-10-7-12(17)3-6-14(10)19/h1-7,19H,8-9,17H2,(H,18,20). The van der Waals surface area contributed by atoms with E-state index in [9.17, 15) is 9.90 Å². The van der Waals surface area contributed by atoms with Crippen molar-refractivity contribution in [3.05, 3.63) is 53.1 Å². The normalized spacial score (nSPS) is 10.1. The zero-order chi connectivity index (χ0) is 15.2. The third-order valence-electron chi connectivity index (χ3n) is 2.76. The number of phenols is 1. The van der Waals surface area contributed by atoms with Gasteiger partial charge in [0.05, 0.1) is 0 Å². The van der Waals surface area contributed by atoms with Crippen LogP contribution in [0.25, 0.3) is 0 Å². The summed E-state index contributed by atoms with van der Waals surface area (Å²) in [6.07, 6.45) is 0. The van der Waals surface area contributed by atoms with Gasteiger partial charge in [0.25, 0.3) is 5.91 Å². The molecule has 0 saturated carbocycles. The molecular weight excluding hydrogens is 292 g/mol. The third-order valence-corrected chi connectivity index (χ3v) is 3.02. The van der Waals surface area contributed by atoms with Crippen molar-refractivity contribution in [2.24, 2.45) is 0 Å². The zero-order valence-electron chi connectivity index (χ0n) is 11.2. The Balaban J connectivity index is 1.82. The van der Waals surface area contributed by atoms with Gasteiger partial charge in [-0.25, -0.2) is 0 Å². The molecule has 0 saturated heterocycles. The first kappa shape index (κ1) is 15.0. The molecule has 1 amide bonds. The van der Waals surface area contributed by atoms with Gasteiger partial charge < -0.3 is 20.9 Å². The molecule has 0 bridgehead atoms. The van der Waals surface area contributed by atoms with Gasteiger partial charge in [0.2, 0.25) is 0 Å². The van der Waals surface area contributed by atoms with Crippen molar-refractivity contribution >= 4 is 23.2 Å². The first-order chi connectivity index (χ1) is 10.0. The largest absolute Gasteiger partial charge is 0.508 e. The van der Waals surface area contributed by atoms with Gasteiger partial charge in [-0.3, -0.25) is 4.79 Å². The lowest BCUT2D eigenvalue weighted by atomic mass is 10.2. The number of hydrogen-bond acceptors (Lipinski definition) is 4. The van der Waals surface area contributed by atoms with Crippen LogP contribution in [0.5, 0.6) is 11.5 Å². The summed E-state index contributed by atoms with van der Waals surface area (Å²) in [5.74, 6) is 0.344. The van der Waals surface area contributed by atoms with Crippen LogP contribution in [-0.2, 0) is 11.3 Å². The maximum atomic E-state index is 11.7. The van der Waals surface area contributed by atoms with Crippen LogP contribution in [0.2, 0.25) is 5.02 Å². The minimum atomic E-state index is -0.299. The predicted molar refractivity (Wildman–Crippen MR) is 81.3 cm³/mol. The summed E-state index contributed by atoms with van der Waals surface area (Å²) in [6, 6.07) is 11.4. The molecular formula is C15H15ClN2O3. The van der Waals surface area contributed by atoms with Crippen LogP contribution in [0.15, 0.2) is 42.5 Å². The number of phenolic OH excluding ortho intramolecular Hbond substituents is 1. The lowest BCUT2D eigenvalue weighted by molar-refractivity contribution is -0.123. The Labute approximate surface area is 127 Å². The number of hydrogen-bond donors (Lipinski definition) is 3. The van der Waals surface area contributed by atoms with Gasteiger partial charge in [-0.05, 0) is 42.5 Å². The van der Waals surface area contributed by atoms with E-state index in [4.69, 9.17) is 22.1 Å². The molecule has 0 radical (unpaired) electrons. The Morgan fingerprint density at radius 3 is 2.67 bits per heavy atom. The van der Waals surface area contributed by atoms with Gasteiger partial charge in [-0.1, -0.05) is 11.6 Å². The number of carbonyl (C=O) groups excluding carboxylic acids is 1. The van der Waals surface area contributed by atoms with Gasteiger partial charge in [0, 0.05) is 22.8 Å². The van der Waals surface area contributed by atoms with E-state index in [0.29, 0.717) is 22.0 Å². The highest BCUT2D eigenvalue weighted by Crippen LogP contribution is 2.19. The molecule has 0 aromatic heterocycles. The zero-order valence-corrected chi connectivity index (χ0v) is 11.9. The van der Waals surface area contributed by atoms with Crippen molar-refractivity contribution in [1.29, 1.82) is 0 Å². The second-order valence-electron chi connectivity index (χ2n) is 4.41. The van der Waals surface area contributed by atoms with E-state index < -0.39 is 0 Å². The van der Waals surface area contributed by atoms with Crippen molar-refractivity contribution in [3.8, 4) is 11.5 Å². The molecule has 2 aromatic carbocycles. The van der Waals surface area contributed by atoms with Gasteiger partial charge >= 0.3 is 0 Å². The summed E-state index contributed by atoms with van der Waals surface area (Å²) in [5, 5.41) is 12.9. The molecule has 0 spiro atoms. The Morgan fingerprint density at radius 2 is 1.95 bits per heavy atom. The quantitative estimate of drug-likeness (QED) is 0.584. The number of carbonyl (C=O) groups is 1. The number of anilines is 1. The molecule has 0 heterocycles. The van der Waals surface area contributed by atoms with Gasteiger partial charge in [-0.2, -0.15) is 0 Å². The van der Waals surface area contributed by atoms with Crippen LogP contribution in [0.3, 0.4) is 0 Å². The SMILES string of the molecule is Nc1ccc(O)c(CNC(=O)COc2ccc(Cl)cc2)c1. The van der Waals surface area contributed by atoms with E-state index in [0.717, 1.165) is 0 Å². The fraction of sp³-hybridized carbons (Fsp3) is 0.133. The molecule has 2 aromatic rings.